The van der Waals surface area contributed by atoms with Gasteiger partial charge in [-0.15, -0.1) is 0 Å². The lowest BCUT2D eigenvalue weighted by Gasteiger charge is -2.27. The number of carboxylic acid groups (broad SMARTS) is 1. The molecular weight excluding hydrogens is 328 g/mol. The Hall–Kier alpha value is -3.13. The van der Waals surface area contributed by atoms with E-state index in [4.69, 9.17) is 0 Å². The molecule has 2 atom stereocenters. The van der Waals surface area contributed by atoms with Gasteiger partial charge in [-0.05, 0) is 49.1 Å². The number of aliphatic carboxylic acids is 1. The number of pyridine rings is 1. The second-order valence-corrected chi connectivity index (χ2v) is 6.37. The molecule has 1 aromatic carbocycles. The molecule has 1 heterocycles. The third-order valence-corrected chi connectivity index (χ3v) is 4.55. The molecule has 2 aromatic rings. The van der Waals surface area contributed by atoms with Crippen LogP contribution >= 0.6 is 0 Å². The quantitative estimate of drug-likeness (QED) is 0.834. The summed E-state index contributed by atoms with van der Waals surface area (Å²) in [7, 11) is 0. The van der Waals surface area contributed by atoms with Crippen LogP contribution in [0.4, 0.5) is 5.69 Å². The average Bonchev–Trinajstić information content (AvgIpc) is 2.67. The highest BCUT2D eigenvalue weighted by Gasteiger charge is 2.35. The summed E-state index contributed by atoms with van der Waals surface area (Å²) in [5.41, 5.74) is 2.05. The first-order valence-electron chi connectivity index (χ1n) is 8.70. The van der Waals surface area contributed by atoms with Crippen molar-refractivity contribution in [2.24, 2.45) is 11.8 Å². The number of rotatable bonds is 3. The standard InChI is InChI=1S/C21H20N2O3/c24-20(18-9-1-2-10-19(18)21(25)26)23-17-8-5-6-15(14-17)11-12-16-7-3-4-13-22-16/h3-8,13-14,18-19H,1-2,9-10H2,(H,23,24)(H,25,26)/t18-,19+/m0/s1. The molecule has 0 radical (unpaired) electrons. The van der Waals surface area contributed by atoms with Crippen molar-refractivity contribution in [1.82, 2.24) is 4.98 Å². The van der Waals surface area contributed by atoms with Crippen LogP contribution in [-0.4, -0.2) is 22.0 Å². The van der Waals surface area contributed by atoms with Gasteiger partial charge in [0.15, 0.2) is 0 Å². The summed E-state index contributed by atoms with van der Waals surface area (Å²) in [4.78, 5) is 28.1. The van der Waals surface area contributed by atoms with Crippen molar-refractivity contribution in [1.29, 1.82) is 0 Å². The molecule has 0 spiro atoms. The molecule has 1 amide bonds. The van der Waals surface area contributed by atoms with Crippen LogP contribution in [0.3, 0.4) is 0 Å². The van der Waals surface area contributed by atoms with E-state index in [2.05, 4.69) is 22.1 Å². The van der Waals surface area contributed by atoms with Crippen molar-refractivity contribution in [3.63, 3.8) is 0 Å². The van der Waals surface area contributed by atoms with Gasteiger partial charge in [0.2, 0.25) is 5.91 Å². The maximum atomic E-state index is 12.6. The first-order valence-corrected chi connectivity index (χ1v) is 8.70. The molecule has 0 aliphatic heterocycles. The number of nitrogens with zero attached hydrogens (tertiary/aromatic N) is 1. The molecule has 0 saturated heterocycles. The zero-order chi connectivity index (χ0) is 18.4. The summed E-state index contributed by atoms with van der Waals surface area (Å²) >= 11 is 0. The van der Waals surface area contributed by atoms with Gasteiger partial charge >= 0.3 is 5.97 Å². The number of hydrogen-bond donors (Lipinski definition) is 2. The lowest BCUT2D eigenvalue weighted by atomic mass is 9.78. The van der Waals surface area contributed by atoms with E-state index in [1.165, 1.54) is 0 Å². The molecule has 26 heavy (non-hydrogen) atoms. The first kappa shape index (κ1) is 17.7. The van der Waals surface area contributed by atoms with Crippen molar-refractivity contribution >= 4 is 17.6 Å². The molecule has 1 aliphatic carbocycles. The zero-order valence-corrected chi connectivity index (χ0v) is 14.3. The lowest BCUT2D eigenvalue weighted by molar-refractivity contribution is -0.147. The summed E-state index contributed by atoms with van der Waals surface area (Å²) < 4.78 is 0. The number of carbonyl (C=O) groups excluding carboxylic acids is 1. The lowest BCUT2D eigenvalue weighted by Crippen LogP contribution is -2.36. The molecule has 5 heteroatoms. The van der Waals surface area contributed by atoms with E-state index in [1.54, 1.807) is 18.3 Å². The van der Waals surface area contributed by atoms with Crippen LogP contribution in [0, 0.1) is 23.7 Å². The third kappa shape index (κ3) is 4.48. The number of anilines is 1. The Morgan fingerprint density at radius 3 is 2.58 bits per heavy atom. The number of hydrogen-bond acceptors (Lipinski definition) is 3. The van der Waals surface area contributed by atoms with Gasteiger partial charge in [-0.1, -0.05) is 30.9 Å². The summed E-state index contributed by atoms with van der Waals surface area (Å²) in [5.74, 6) is 3.80. The molecule has 1 fully saturated rings. The van der Waals surface area contributed by atoms with Crippen LogP contribution in [0.5, 0.6) is 0 Å². The van der Waals surface area contributed by atoms with E-state index in [0.717, 1.165) is 18.4 Å². The first-order chi connectivity index (χ1) is 12.6. The summed E-state index contributed by atoms with van der Waals surface area (Å²) in [5, 5.41) is 12.2. The van der Waals surface area contributed by atoms with Crippen LogP contribution < -0.4 is 5.32 Å². The van der Waals surface area contributed by atoms with E-state index in [9.17, 15) is 14.7 Å². The number of aromatic nitrogens is 1. The Balaban J connectivity index is 1.71. The zero-order valence-electron chi connectivity index (χ0n) is 14.3. The minimum absolute atomic E-state index is 0.230. The molecule has 1 saturated carbocycles. The predicted octanol–water partition coefficient (Wildman–Crippen LogP) is 3.31. The van der Waals surface area contributed by atoms with Crippen LogP contribution in [0.15, 0.2) is 48.7 Å². The van der Waals surface area contributed by atoms with E-state index in [0.29, 0.717) is 24.2 Å². The number of amides is 1. The fraction of sp³-hybridized carbons (Fsp3) is 0.286. The van der Waals surface area contributed by atoms with Crippen molar-refractivity contribution in [2.75, 3.05) is 5.32 Å². The SMILES string of the molecule is O=C(Nc1cccc(C#Cc2ccccn2)c1)[C@H]1CCCC[C@H]1C(=O)O. The highest BCUT2D eigenvalue weighted by molar-refractivity contribution is 5.95. The smallest absolute Gasteiger partial charge is 0.307 e. The van der Waals surface area contributed by atoms with E-state index < -0.39 is 17.8 Å². The van der Waals surface area contributed by atoms with Crippen LogP contribution in [0.1, 0.15) is 36.9 Å². The van der Waals surface area contributed by atoms with Crippen LogP contribution in [0.2, 0.25) is 0 Å². The minimum atomic E-state index is -0.889. The molecule has 2 N–H and O–H groups in total. The normalized spacial score (nSPS) is 19.1. The fourth-order valence-electron chi connectivity index (χ4n) is 3.22. The Kier molecular flexibility index (Phi) is 5.65. The molecule has 1 aromatic heterocycles. The summed E-state index contributed by atoms with van der Waals surface area (Å²) in [6.45, 7) is 0. The second kappa shape index (κ2) is 8.30. The molecule has 0 bridgehead atoms. The van der Waals surface area contributed by atoms with Crippen molar-refractivity contribution in [3.8, 4) is 11.8 Å². The van der Waals surface area contributed by atoms with E-state index in [1.807, 2.05) is 30.3 Å². The fourth-order valence-corrected chi connectivity index (χ4v) is 3.22. The number of carboxylic acids is 1. The third-order valence-electron chi connectivity index (χ3n) is 4.55. The highest BCUT2D eigenvalue weighted by Crippen LogP contribution is 2.31. The Morgan fingerprint density at radius 1 is 1.04 bits per heavy atom. The largest absolute Gasteiger partial charge is 0.481 e. The van der Waals surface area contributed by atoms with Crippen molar-refractivity contribution in [2.45, 2.75) is 25.7 Å². The Labute approximate surface area is 152 Å². The van der Waals surface area contributed by atoms with Gasteiger partial charge in [0.1, 0.15) is 5.69 Å². The van der Waals surface area contributed by atoms with Gasteiger partial charge in [0.25, 0.3) is 0 Å². The predicted molar refractivity (Wildman–Crippen MR) is 98.4 cm³/mol. The van der Waals surface area contributed by atoms with Crippen molar-refractivity contribution in [3.05, 3.63) is 59.9 Å². The van der Waals surface area contributed by atoms with Gasteiger partial charge in [0, 0.05) is 17.4 Å². The van der Waals surface area contributed by atoms with E-state index >= 15 is 0 Å². The van der Waals surface area contributed by atoms with Crippen LogP contribution in [0.25, 0.3) is 0 Å². The molecule has 3 rings (SSSR count). The second-order valence-electron chi connectivity index (χ2n) is 6.37. The van der Waals surface area contributed by atoms with Gasteiger partial charge < -0.3 is 10.4 Å². The molecular formula is C21H20N2O3. The van der Waals surface area contributed by atoms with Gasteiger partial charge in [-0.3, -0.25) is 9.59 Å². The van der Waals surface area contributed by atoms with Crippen LogP contribution in [-0.2, 0) is 9.59 Å². The molecule has 0 unspecified atom stereocenters. The number of benzene rings is 1. The summed E-state index contributed by atoms with van der Waals surface area (Å²) in [6.07, 6.45) is 4.60. The van der Waals surface area contributed by atoms with Gasteiger partial charge in [-0.25, -0.2) is 4.98 Å². The molecule has 1 aliphatic rings. The topological polar surface area (TPSA) is 79.3 Å². The molecule has 5 nitrogen and oxygen atoms in total. The Bertz CT molecular complexity index is 852. The van der Waals surface area contributed by atoms with Crippen molar-refractivity contribution < 1.29 is 14.7 Å². The maximum absolute atomic E-state index is 12.6. The number of carbonyl (C=O) groups is 2. The van der Waals surface area contributed by atoms with Gasteiger partial charge in [-0.2, -0.15) is 0 Å². The average molecular weight is 348 g/mol. The van der Waals surface area contributed by atoms with E-state index in [-0.39, 0.29) is 5.91 Å². The highest BCUT2D eigenvalue weighted by atomic mass is 16.4. The van der Waals surface area contributed by atoms with Gasteiger partial charge in [0.05, 0.1) is 11.8 Å². The molecule has 132 valence electrons. The minimum Gasteiger partial charge on any atom is -0.481 e. The summed E-state index contributed by atoms with van der Waals surface area (Å²) in [6, 6.07) is 12.8. The monoisotopic (exact) mass is 348 g/mol. The number of nitrogens with one attached hydrogen (secondary N) is 1. The maximum Gasteiger partial charge on any atom is 0.307 e. The Morgan fingerprint density at radius 2 is 1.85 bits per heavy atom.